The maximum atomic E-state index is 2.35. The normalized spacial score (nSPS) is 11.7. The van der Waals surface area contributed by atoms with Crippen molar-refractivity contribution in [2.45, 2.75) is 6.92 Å². The molecule has 23 heavy (non-hydrogen) atoms. The molecule has 0 spiro atoms. The van der Waals surface area contributed by atoms with E-state index in [4.69, 9.17) is 0 Å². The molecule has 0 bridgehead atoms. The van der Waals surface area contributed by atoms with Gasteiger partial charge in [-0.3, -0.25) is 0 Å². The van der Waals surface area contributed by atoms with E-state index >= 15 is 0 Å². The van der Waals surface area contributed by atoms with Crippen LogP contribution in [0.15, 0.2) is 78.9 Å². The highest BCUT2D eigenvalue weighted by molar-refractivity contribution is 6.09. The molecule has 0 N–H and O–H groups in total. The van der Waals surface area contributed by atoms with Crippen molar-refractivity contribution in [2.75, 3.05) is 0 Å². The average molecular weight is 292 g/mol. The van der Waals surface area contributed by atoms with Gasteiger partial charge in [-0.05, 0) is 85.9 Å². The second-order valence-corrected chi connectivity index (χ2v) is 6.34. The largest absolute Gasteiger partial charge is 0.0616 e. The molecule has 0 aliphatic heterocycles. The standard InChI is InChI=1S/C23H16/c1-15-22-9-5-4-8-18(22)12-21-13-19-10-16-6-2-3-7-17(16)11-20(19)14-23(15)21/h2-14H,1H3. The zero-order valence-corrected chi connectivity index (χ0v) is 13.0. The Bertz CT molecular complexity index is 1210. The van der Waals surface area contributed by atoms with Crippen LogP contribution >= 0.6 is 0 Å². The zero-order valence-electron chi connectivity index (χ0n) is 13.0. The number of hydrogen-bond donors (Lipinski definition) is 0. The molecule has 108 valence electrons. The lowest BCUT2D eigenvalue weighted by molar-refractivity contribution is 1.59. The summed E-state index contributed by atoms with van der Waals surface area (Å²) < 4.78 is 0. The van der Waals surface area contributed by atoms with Gasteiger partial charge in [-0.2, -0.15) is 0 Å². The fourth-order valence-corrected chi connectivity index (χ4v) is 3.73. The first kappa shape index (κ1) is 12.7. The van der Waals surface area contributed by atoms with Crippen LogP contribution in [0.3, 0.4) is 0 Å². The third kappa shape index (κ3) is 1.85. The van der Waals surface area contributed by atoms with E-state index in [2.05, 4.69) is 85.8 Å². The summed E-state index contributed by atoms with van der Waals surface area (Å²) in [4.78, 5) is 0. The molecule has 0 amide bonds. The number of aryl methyl sites for hydroxylation is 1. The molecule has 0 aromatic heterocycles. The van der Waals surface area contributed by atoms with Crippen LogP contribution in [-0.2, 0) is 0 Å². The maximum Gasteiger partial charge on any atom is -0.0142 e. The van der Waals surface area contributed by atoms with E-state index in [0.717, 1.165) is 0 Å². The van der Waals surface area contributed by atoms with Crippen molar-refractivity contribution < 1.29 is 0 Å². The van der Waals surface area contributed by atoms with Gasteiger partial charge in [0.15, 0.2) is 0 Å². The van der Waals surface area contributed by atoms with Crippen LogP contribution in [0.4, 0.5) is 0 Å². The van der Waals surface area contributed by atoms with Crippen molar-refractivity contribution in [3.8, 4) is 0 Å². The summed E-state index contributed by atoms with van der Waals surface area (Å²) >= 11 is 0. The average Bonchev–Trinajstić information content (AvgIpc) is 2.59. The first-order chi connectivity index (χ1) is 11.3. The lowest BCUT2D eigenvalue weighted by Gasteiger charge is -2.10. The lowest BCUT2D eigenvalue weighted by atomic mass is 9.94. The summed E-state index contributed by atoms with van der Waals surface area (Å²) in [6, 6.07) is 28.8. The van der Waals surface area contributed by atoms with Gasteiger partial charge in [0.2, 0.25) is 0 Å². The number of hydrogen-bond acceptors (Lipinski definition) is 0. The smallest absolute Gasteiger partial charge is 0.0142 e. The number of benzene rings is 5. The highest BCUT2D eigenvalue weighted by Crippen LogP contribution is 2.32. The van der Waals surface area contributed by atoms with Gasteiger partial charge in [0.1, 0.15) is 0 Å². The molecule has 0 saturated carbocycles. The van der Waals surface area contributed by atoms with Gasteiger partial charge in [-0.15, -0.1) is 0 Å². The molecule has 0 nitrogen and oxygen atoms in total. The molecule has 0 heteroatoms. The topological polar surface area (TPSA) is 0 Å². The molecule has 0 heterocycles. The Labute approximate surface area is 135 Å². The molecule has 0 atom stereocenters. The quantitative estimate of drug-likeness (QED) is 0.282. The Morgan fingerprint density at radius 3 is 1.70 bits per heavy atom. The van der Waals surface area contributed by atoms with Gasteiger partial charge in [0, 0.05) is 0 Å². The highest BCUT2D eigenvalue weighted by atomic mass is 14.1. The zero-order chi connectivity index (χ0) is 15.4. The first-order valence-electron chi connectivity index (χ1n) is 8.04. The Hall–Kier alpha value is -2.86. The van der Waals surface area contributed by atoms with Gasteiger partial charge < -0.3 is 0 Å². The van der Waals surface area contributed by atoms with Crippen molar-refractivity contribution in [1.82, 2.24) is 0 Å². The molecule has 5 aromatic rings. The number of rotatable bonds is 0. The highest BCUT2D eigenvalue weighted by Gasteiger charge is 2.06. The second kappa shape index (κ2) is 4.57. The Morgan fingerprint density at radius 1 is 0.435 bits per heavy atom. The predicted octanol–water partition coefficient (Wildman–Crippen LogP) is 6.61. The Kier molecular flexibility index (Phi) is 2.51. The van der Waals surface area contributed by atoms with Crippen LogP contribution in [0.2, 0.25) is 0 Å². The SMILES string of the molecule is Cc1c2ccccc2cc2cc3cc4ccccc4cc3cc12. The molecule has 0 saturated heterocycles. The van der Waals surface area contributed by atoms with Crippen LogP contribution in [0.5, 0.6) is 0 Å². The fraction of sp³-hybridized carbons (Fsp3) is 0.0435. The van der Waals surface area contributed by atoms with Crippen molar-refractivity contribution in [1.29, 1.82) is 0 Å². The van der Waals surface area contributed by atoms with Crippen molar-refractivity contribution in [2.24, 2.45) is 0 Å². The van der Waals surface area contributed by atoms with Gasteiger partial charge in [-0.25, -0.2) is 0 Å². The summed E-state index contributed by atoms with van der Waals surface area (Å²) in [7, 11) is 0. The van der Waals surface area contributed by atoms with Crippen LogP contribution < -0.4 is 0 Å². The predicted molar refractivity (Wildman–Crippen MR) is 101 cm³/mol. The molecule has 5 aromatic carbocycles. The first-order valence-corrected chi connectivity index (χ1v) is 8.04. The maximum absolute atomic E-state index is 2.35. The van der Waals surface area contributed by atoms with E-state index in [9.17, 15) is 0 Å². The second-order valence-electron chi connectivity index (χ2n) is 6.34. The van der Waals surface area contributed by atoms with Crippen molar-refractivity contribution >= 4 is 43.1 Å². The van der Waals surface area contributed by atoms with Crippen LogP contribution in [-0.4, -0.2) is 0 Å². The van der Waals surface area contributed by atoms with Crippen LogP contribution in [0.1, 0.15) is 5.56 Å². The van der Waals surface area contributed by atoms with E-state index in [0.29, 0.717) is 0 Å². The number of fused-ring (bicyclic) bond motifs is 4. The summed E-state index contributed by atoms with van der Waals surface area (Å²) in [5.74, 6) is 0. The van der Waals surface area contributed by atoms with E-state index in [1.807, 2.05) is 0 Å². The molecule has 5 rings (SSSR count). The summed E-state index contributed by atoms with van der Waals surface area (Å²) in [5, 5.41) is 10.6. The van der Waals surface area contributed by atoms with Crippen LogP contribution in [0, 0.1) is 6.92 Å². The lowest BCUT2D eigenvalue weighted by Crippen LogP contribution is -1.84. The minimum Gasteiger partial charge on any atom is -0.0616 e. The van der Waals surface area contributed by atoms with Gasteiger partial charge in [0.05, 0.1) is 0 Å². The molecule has 0 aliphatic rings. The third-order valence-electron chi connectivity index (χ3n) is 4.95. The van der Waals surface area contributed by atoms with Crippen molar-refractivity contribution in [3.63, 3.8) is 0 Å². The van der Waals surface area contributed by atoms with E-state index in [-0.39, 0.29) is 0 Å². The summed E-state index contributed by atoms with van der Waals surface area (Å²) in [5.41, 5.74) is 1.37. The minimum atomic E-state index is 1.30. The van der Waals surface area contributed by atoms with E-state index < -0.39 is 0 Å². The Morgan fingerprint density at radius 2 is 0.957 bits per heavy atom. The molecule has 0 fully saturated rings. The van der Waals surface area contributed by atoms with Gasteiger partial charge in [0.25, 0.3) is 0 Å². The molecule has 0 radical (unpaired) electrons. The molecule has 0 aliphatic carbocycles. The molecular formula is C23H16. The fourth-order valence-electron chi connectivity index (χ4n) is 3.73. The van der Waals surface area contributed by atoms with E-state index in [1.165, 1.54) is 48.7 Å². The van der Waals surface area contributed by atoms with Gasteiger partial charge >= 0.3 is 0 Å². The van der Waals surface area contributed by atoms with E-state index in [1.54, 1.807) is 0 Å². The Balaban J connectivity index is 1.97. The minimum absolute atomic E-state index is 1.30. The van der Waals surface area contributed by atoms with Crippen molar-refractivity contribution in [3.05, 3.63) is 84.4 Å². The summed E-state index contributed by atoms with van der Waals surface area (Å²) in [6.45, 7) is 2.23. The monoisotopic (exact) mass is 292 g/mol. The molecule has 0 unspecified atom stereocenters. The third-order valence-corrected chi connectivity index (χ3v) is 4.95. The summed E-state index contributed by atoms with van der Waals surface area (Å²) in [6.07, 6.45) is 0. The van der Waals surface area contributed by atoms with Crippen LogP contribution in [0.25, 0.3) is 43.1 Å². The molecular weight excluding hydrogens is 276 g/mol. The van der Waals surface area contributed by atoms with Gasteiger partial charge in [-0.1, -0.05) is 48.5 Å².